The number of ether oxygens (including phenoxy) is 1. The van der Waals surface area contributed by atoms with Crippen LogP contribution in [0.5, 0.6) is 0 Å². The number of nitrogens with one attached hydrogen (secondary N) is 1. The molecule has 2 atom stereocenters. The first-order valence-corrected chi connectivity index (χ1v) is 5.12. The van der Waals surface area contributed by atoms with E-state index in [1.807, 2.05) is 6.92 Å². The van der Waals surface area contributed by atoms with Gasteiger partial charge in [-0.25, -0.2) is 0 Å². The van der Waals surface area contributed by atoms with E-state index in [2.05, 4.69) is 5.32 Å². The monoisotopic (exact) mass is 205 g/mol. The molecule has 0 aliphatic rings. The summed E-state index contributed by atoms with van der Waals surface area (Å²) in [5.74, 6) is 0. The van der Waals surface area contributed by atoms with E-state index >= 15 is 0 Å². The Morgan fingerprint density at radius 2 is 2.14 bits per heavy atom. The SMILES string of the molecule is CCC(C)(O)CNCCC(O)COC. The number of hydrogen-bond donors (Lipinski definition) is 3. The molecule has 0 fully saturated rings. The summed E-state index contributed by atoms with van der Waals surface area (Å²) in [6.45, 7) is 5.36. The predicted octanol–water partition coefficient (Wildman–Crippen LogP) is 0.134. The Labute approximate surface area is 86.3 Å². The minimum atomic E-state index is -0.647. The summed E-state index contributed by atoms with van der Waals surface area (Å²) < 4.78 is 4.80. The Bertz CT molecular complexity index is 139. The van der Waals surface area contributed by atoms with Crippen molar-refractivity contribution in [3.8, 4) is 0 Å². The van der Waals surface area contributed by atoms with E-state index < -0.39 is 11.7 Å². The fraction of sp³-hybridized carbons (Fsp3) is 1.00. The van der Waals surface area contributed by atoms with Crippen LogP contribution in [0.15, 0.2) is 0 Å². The van der Waals surface area contributed by atoms with Crippen molar-refractivity contribution in [1.29, 1.82) is 0 Å². The molecule has 4 nitrogen and oxygen atoms in total. The summed E-state index contributed by atoms with van der Waals surface area (Å²) in [4.78, 5) is 0. The summed E-state index contributed by atoms with van der Waals surface area (Å²) in [6, 6.07) is 0. The topological polar surface area (TPSA) is 61.7 Å². The van der Waals surface area contributed by atoms with Gasteiger partial charge in [-0.3, -0.25) is 0 Å². The minimum absolute atomic E-state index is 0.367. The van der Waals surface area contributed by atoms with Crippen molar-refractivity contribution >= 4 is 0 Å². The molecule has 0 aliphatic carbocycles. The van der Waals surface area contributed by atoms with E-state index in [1.165, 1.54) is 0 Å². The summed E-state index contributed by atoms with van der Waals surface area (Å²) >= 11 is 0. The molecule has 0 amide bonds. The Morgan fingerprint density at radius 3 is 2.64 bits per heavy atom. The van der Waals surface area contributed by atoms with Gasteiger partial charge in [-0.05, 0) is 26.3 Å². The molecule has 0 bridgehead atoms. The maximum Gasteiger partial charge on any atom is 0.0785 e. The van der Waals surface area contributed by atoms with Gasteiger partial charge in [0.2, 0.25) is 0 Å². The van der Waals surface area contributed by atoms with E-state index in [1.54, 1.807) is 14.0 Å². The molecular formula is C10H23NO3. The highest BCUT2D eigenvalue weighted by Gasteiger charge is 2.16. The van der Waals surface area contributed by atoms with Gasteiger partial charge in [-0.15, -0.1) is 0 Å². The van der Waals surface area contributed by atoms with E-state index in [0.29, 0.717) is 26.1 Å². The van der Waals surface area contributed by atoms with Gasteiger partial charge >= 0.3 is 0 Å². The van der Waals surface area contributed by atoms with Gasteiger partial charge in [0, 0.05) is 13.7 Å². The fourth-order valence-electron chi connectivity index (χ4n) is 1.03. The van der Waals surface area contributed by atoms with Gasteiger partial charge < -0.3 is 20.3 Å². The van der Waals surface area contributed by atoms with Crippen molar-refractivity contribution in [1.82, 2.24) is 5.32 Å². The molecule has 0 aromatic rings. The van der Waals surface area contributed by atoms with Gasteiger partial charge in [0.05, 0.1) is 18.3 Å². The molecule has 0 aliphatic heterocycles. The third-order valence-electron chi connectivity index (χ3n) is 2.28. The van der Waals surface area contributed by atoms with Crippen LogP contribution in [-0.2, 0) is 4.74 Å². The lowest BCUT2D eigenvalue weighted by Crippen LogP contribution is -2.38. The van der Waals surface area contributed by atoms with Crippen LogP contribution in [-0.4, -0.2) is 48.7 Å². The molecule has 0 saturated carbocycles. The standard InChI is InChI=1S/C10H23NO3/c1-4-10(2,13)8-11-6-5-9(12)7-14-3/h9,11-13H,4-8H2,1-3H3. The number of aliphatic hydroxyl groups is 2. The lowest BCUT2D eigenvalue weighted by molar-refractivity contribution is 0.0465. The summed E-state index contributed by atoms with van der Waals surface area (Å²) in [7, 11) is 1.57. The lowest BCUT2D eigenvalue weighted by Gasteiger charge is -2.22. The van der Waals surface area contributed by atoms with Gasteiger partial charge in [0.15, 0.2) is 0 Å². The van der Waals surface area contributed by atoms with Gasteiger partial charge in [0.25, 0.3) is 0 Å². The van der Waals surface area contributed by atoms with Gasteiger partial charge in [0.1, 0.15) is 0 Å². The van der Waals surface area contributed by atoms with Crippen molar-refractivity contribution in [2.75, 3.05) is 26.8 Å². The first-order chi connectivity index (χ1) is 6.52. The van der Waals surface area contributed by atoms with Crippen LogP contribution in [0.4, 0.5) is 0 Å². The third kappa shape index (κ3) is 7.26. The Hall–Kier alpha value is -0.160. The number of hydrogen-bond acceptors (Lipinski definition) is 4. The molecule has 2 unspecified atom stereocenters. The second-order valence-corrected chi connectivity index (χ2v) is 3.93. The molecule has 4 heteroatoms. The number of rotatable bonds is 8. The maximum atomic E-state index is 9.64. The van der Waals surface area contributed by atoms with E-state index in [0.717, 1.165) is 6.42 Å². The molecule has 0 radical (unpaired) electrons. The molecule has 0 aromatic carbocycles. The van der Waals surface area contributed by atoms with Crippen LogP contribution >= 0.6 is 0 Å². The average molecular weight is 205 g/mol. The lowest BCUT2D eigenvalue weighted by atomic mass is 10.0. The predicted molar refractivity (Wildman–Crippen MR) is 56.3 cm³/mol. The molecule has 0 saturated heterocycles. The number of methoxy groups -OCH3 is 1. The van der Waals surface area contributed by atoms with Crippen LogP contribution in [0.3, 0.4) is 0 Å². The molecule has 0 heterocycles. The second kappa shape index (κ2) is 7.17. The molecule has 86 valence electrons. The minimum Gasteiger partial charge on any atom is -0.391 e. The molecular weight excluding hydrogens is 182 g/mol. The molecule has 0 spiro atoms. The highest BCUT2D eigenvalue weighted by atomic mass is 16.5. The van der Waals surface area contributed by atoms with Crippen molar-refractivity contribution in [3.05, 3.63) is 0 Å². The van der Waals surface area contributed by atoms with E-state index in [9.17, 15) is 10.2 Å². The van der Waals surface area contributed by atoms with Gasteiger partial charge in [-0.2, -0.15) is 0 Å². The second-order valence-electron chi connectivity index (χ2n) is 3.93. The van der Waals surface area contributed by atoms with Crippen molar-refractivity contribution in [2.24, 2.45) is 0 Å². The summed E-state index contributed by atoms with van der Waals surface area (Å²) in [6.07, 6.45) is 0.952. The first-order valence-electron chi connectivity index (χ1n) is 5.12. The summed E-state index contributed by atoms with van der Waals surface area (Å²) in [5, 5.41) is 22.1. The highest BCUT2D eigenvalue weighted by molar-refractivity contribution is 4.73. The Balaban J connectivity index is 3.37. The Morgan fingerprint density at radius 1 is 1.50 bits per heavy atom. The normalized spacial score (nSPS) is 17.8. The third-order valence-corrected chi connectivity index (χ3v) is 2.28. The van der Waals surface area contributed by atoms with Crippen LogP contribution in [0, 0.1) is 0 Å². The molecule has 14 heavy (non-hydrogen) atoms. The quantitative estimate of drug-likeness (QED) is 0.493. The van der Waals surface area contributed by atoms with Crippen molar-refractivity contribution < 1.29 is 14.9 Å². The van der Waals surface area contributed by atoms with Crippen LogP contribution in [0.2, 0.25) is 0 Å². The van der Waals surface area contributed by atoms with E-state index in [-0.39, 0.29) is 0 Å². The first kappa shape index (κ1) is 13.8. The van der Waals surface area contributed by atoms with Crippen LogP contribution < -0.4 is 5.32 Å². The van der Waals surface area contributed by atoms with Gasteiger partial charge in [-0.1, -0.05) is 6.92 Å². The largest absolute Gasteiger partial charge is 0.391 e. The highest BCUT2D eigenvalue weighted by Crippen LogP contribution is 2.05. The zero-order valence-electron chi connectivity index (χ0n) is 9.42. The van der Waals surface area contributed by atoms with Crippen molar-refractivity contribution in [3.63, 3.8) is 0 Å². The molecule has 0 rings (SSSR count). The fourth-order valence-corrected chi connectivity index (χ4v) is 1.03. The average Bonchev–Trinajstić information content (AvgIpc) is 2.13. The molecule has 3 N–H and O–H groups in total. The zero-order valence-corrected chi connectivity index (χ0v) is 9.42. The smallest absolute Gasteiger partial charge is 0.0785 e. The van der Waals surface area contributed by atoms with Crippen LogP contribution in [0.25, 0.3) is 0 Å². The maximum absolute atomic E-state index is 9.64. The van der Waals surface area contributed by atoms with Crippen LogP contribution in [0.1, 0.15) is 26.7 Å². The molecule has 0 aromatic heterocycles. The van der Waals surface area contributed by atoms with Crippen molar-refractivity contribution in [2.45, 2.75) is 38.4 Å². The van der Waals surface area contributed by atoms with E-state index in [4.69, 9.17) is 4.74 Å². The Kier molecular flexibility index (Phi) is 7.09. The zero-order chi connectivity index (χ0) is 11.0. The summed E-state index contributed by atoms with van der Waals surface area (Å²) in [5.41, 5.74) is -0.647. The number of aliphatic hydroxyl groups excluding tert-OH is 1.